The third-order valence-corrected chi connectivity index (χ3v) is 17.9. The molecule has 522 valence electrons. The standard InChI is InChI=1S/C69H134O17P2/c1-6-9-12-15-18-21-23-24-25-29-34-38-43-48-53-67(72)80-59-65(86-69(74)55-50-45-40-35-30-27-26-28-32-36-41-46-51-62(4)5)61-84-88(77,78)82-57-63(70)56-81-87(75,76)83-60-64(58-79-66(71)52-47-42-37-31-20-17-14-11-8-3)85-68(73)54-49-44-39-33-22-19-16-13-10-7-2/h62-65,70H,6-61H2,1-5H3,(H,75,76)(H,77,78)/t63-,64+,65+/m0/s1. The van der Waals surface area contributed by atoms with Crippen molar-refractivity contribution in [3.63, 3.8) is 0 Å². The highest BCUT2D eigenvalue weighted by molar-refractivity contribution is 7.47. The van der Waals surface area contributed by atoms with Gasteiger partial charge in [0, 0.05) is 25.7 Å². The number of carbonyl (C=O) groups is 4. The quantitative estimate of drug-likeness (QED) is 0.0222. The molecule has 0 aromatic carbocycles. The molecule has 0 aliphatic carbocycles. The number of hydrogen-bond donors (Lipinski definition) is 3. The Labute approximate surface area is 537 Å². The van der Waals surface area contributed by atoms with E-state index in [4.69, 9.17) is 37.0 Å². The zero-order valence-corrected chi connectivity index (χ0v) is 58.6. The van der Waals surface area contributed by atoms with Crippen molar-refractivity contribution in [1.82, 2.24) is 0 Å². The van der Waals surface area contributed by atoms with Gasteiger partial charge in [0.05, 0.1) is 26.4 Å². The summed E-state index contributed by atoms with van der Waals surface area (Å²) in [6.45, 7) is 7.23. The number of aliphatic hydroxyl groups is 1. The van der Waals surface area contributed by atoms with E-state index >= 15 is 0 Å². The monoisotopic (exact) mass is 1300 g/mol. The number of phosphoric acid groups is 2. The highest BCUT2D eigenvalue weighted by Crippen LogP contribution is 2.45. The fourth-order valence-electron chi connectivity index (χ4n) is 10.5. The second-order valence-electron chi connectivity index (χ2n) is 25.4. The van der Waals surface area contributed by atoms with Gasteiger partial charge in [0.1, 0.15) is 19.3 Å². The Hall–Kier alpha value is -1.94. The third kappa shape index (κ3) is 62.8. The molecule has 0 amide bonds. The smallest absolute Gasteiger partial charge is 0.462 e. The van der Waals surface area contributed by atoms with Crippen molar-refractivity contribution in [2.24, 2.45) is 5.92 Å². The molecule has 88 heavy (non-hydrogen) atoms. The van der Waals surface area contributed by atoms with Gasteiger partial charge >= 0.3 is 39.5 Å². The minimum atomic E-state index is -4.95. The van der Waals surface area contributed by atoms with Gasteiger partial charge in [-0.15, -0.1) is 0 Å². The first kappa shape index (κ1) is 86.1. The molecule has 0 bridgehead atoms. The highest BCUT2D eigenvalue weighted by atomic mass is 31.2. The molecular weight excluding hydrogens is 1160 g/mol. The molecule has 0 aliphatic rings. The van der Waals surface area contributed by atoms with Gasteiger partial charge in [-0.3, -0.25) is 37.3 Å². The van der Waals surface area contributed by atoms with Crippen LogP contribution in [0.15, 0.2) is 0 Å². The van der Waals surface area contributed by atoms with Crippen molar-refractivity contribution in [3.8, 4) is 0 Å². The van der Waals surface area contributed by atoms with Crippen molar-refractivity contribution in [1.29, 1.82) is 0 Å². The van der Waals surface area contributed by atoms with Gasteiger partial charge < -0.3 is 33.8 Å². The molecule has 0 fully saturated rings. The van der Waals surface area contributed by atoms with Gasteiger partial charge in [-0.05, 0) is 31.6 Å². The third-order valence-electron chi connectivity index (χ3n) is 16.0. The maximum atomic E-state index is 13.0. The molecule has 2 unspecified atom stereocenters. The average Bonchev–Trinajstić information content (AvgIpc) is 3.55. The number of rotatable bonds is 69. The van der Waals surface area contributed by atoms with E-state index in [2.05, 4.69) is 34.6 Å². The molecule has 19 heteroatoms. The second kappa shape index (κ2) is 62.5. The van der Waals surface area contributed by atoms with Gasteiger partial charge in [0.15, 0.2) is 12.2 Å². The first-order valence-corrected chi connectivity index (χ1v) is 39.1. The molecule has 0 aliphatic heterocycles. The van der Waals surface area contributed by atoms with Crippen molar-refractivity contribution in [3.05, 3.63) is 0 Å². The summed E-state index contributed by atoms with van der Waals surface area (Å²) in [5, 5.41) is 10.6. The summed E-state index contributed by atoms with van der Waals surface area (Å²) in [5.41, 5.74) is 0. The lowest BCUT2D eigenvalue weighted by Crippen LogP contribution is -2.30. The van der Waals surface area contributed by atoms with Crippen LogP contribution in [0.1, 0.15) is 356 Å². The summed E-state index contributed by atoms with van der Waals surface area (Å²) >= 11 is 0. The highest BCUT2D eigenvalue weighted by Gasteiger charge is 2.30. The van der Waals surface area contributed by atoms with Crippen molar-refractivity contribution in [2.45, 2.75) is 374 Å². The summed E-state index contributed by atoms with van der Waals surface area (Å²) in [6.07, 6.45) is 48.4. The fraction of sp³-hybridized carbons (Fsp3) is 0.942. The summed E-state index contributed by atoms with van der Waals surface area (Å²) in [5.74, 6) is -1.35. The first-order valence-electron chi connectivity index (χ1n) is 36.1. The van der Waals surface area contributed by atoms with Crippen molar-refractivity contribution in [2.75, 3.05) is 39.6 Å². The topological polar surface area (TPSA) is 237 Å². The molecule has 0 radical (unpaired) electrons. The lowest BCUT2D eigenvalue weighted by Gasteiger charge is -2.21. The van der Waals surface area contributed by atoms with Gasteiger partial charge in [-0.25, -0.2) is 9.13 Å². The first-order chi connectivity index (χ1) is 42.5. The SMILES string of the molecule is CCCCCCCCCCCCCCCCC(=O)OC[C@H](COP(=O)(O)OC[C@@H](O)COP(=O)(O)OC[C@@H](COC(=O)CCCCCCCCCCC)OC(=O)CCCCCCCCCCCC)OC(=O)CCCCCCCCCCCCCCC(C)C. The van der Waals surface area contributed by atoms with E-state index in [0.29, 0.717) is 25.7 Å². The van der Waals surface area contributed by atoms with Crippen LogP contribution < -0.4 is 0 Å². The van der Waals surface area contributed by atoms with Crippen LogP contribution >= 0.6 is 15.6 Å². The Morgan fingerprint density at radius 1 is 0.307 bits per heavy atom. The molecule has 0 aromatic rings. The summed E-state index contributed by atoms with van der Waals surface area (Å²) in [4.78, 5) is 72.4. The molecule has 0 heterocycles. The molecule has 0 saturated carbocycles. The van der Waals surface area contributed by atoms with E-state index < -0.39 is 97.5 Å². The Kier molecular flexibility index (Phi) is 61.1. The van der Waals surface area contributed by atoms with E-state index in [1.807, 2.05) is 0 Å². The number of aliphatic hydroxyl groups excluding tert-OH is 1. The predicted octanol–water partition coefficient (Wildman–Crippen LogP) is 19.7. The molecule has 0 saturated heterocycles. The number of ether oxygens (including phenoxy) is 4. The maximum absolute atomic E-state index is 13.0. The zero-order valence-electron chi connectivity index (χ0n) is 56.9. The largest absolute Gasteiger partial charge is 0.472 e. The predicted molar refractivity (Wildman–Crippen MR) is 354 cm³/mol. The number of esters is 4. The van der Waals surface area contributed by atoms with Gasteiger partial charge in [-0.2, -0.15) is 0 Å². The van der Waals surface area contributed by atoms with Crippen LogP contribution in [0, 0.1) is 5.92 Å². The molecule has 17 nitrogen and oxygen atoms in total. The molecular formula is C69H134O17P2. The number of unbranched alkanes of at least 4 members (excludes halogenated alkanes) is 41. The minimum Gasteiger partial charge on any atom is -0.462 e. The Morgan fingerprint density at radius 3 is 0.773 bits per heavy atom. The van der Waals surface area contributed by atoms with Gasteiger partial charge in [-0.1, -0.05) is 304 Å². The number of carbonyl (C=O) groups excluding carboxylic acids is 4. The second-order valence-corrected chi connectivity index (χ2v) is 28.3. The van der Waals surface area contributed by atoms with Crippen LogP contribution in [0.2, 0.25) is 0 Å². The van der Waals surface area contributed by atoms with E-state index in [1.165, 1.54) is 180 Å². The molecule has 5 atom stereocenters. The lowest BCUT2D eigenvalue weighted by molar-refractivity contribution is -0.161. The van der Waals surface area contributed by atoms with Crippen LogP contribution in [0.25, 0.3) is 0 Å². The lowest BCUT2D eigenvalue weighted by atomic mass is 10.0. The summed E-state index contributed by atoms with van der Waals surface area (Å²) in [6, 6.07) is 0. The van der Waals surface area contributed by atoms with Gasteiger partial charge in [0.25, 0.3) is 0 Å². The molecule has 3 N–H and O–H groups in total. The fourth-order valence-corrected chi connectivity index (χ4v) is 12.0. The normalized spacial score (nSPS) is 14.1. The zero-order chi connectivity index (χ0) is 64.9. The van der Waals surface area contributed by atoms with Crippen LogP contribution in [0.3, 0.4) is 0 Å². The van der Waals surface area contributed by atoms with Crippen LogP contribution in [0.4, 0.5) is 0 Å². The van der Waals surface area contributed by atoms with E-state index in [0.717, 1.165) is 95.8 Å². The van der Waals surface area contributed by atoms with Crippen molar-refractivity contribution < 1.29 is 80.2 Å². The van der Waals surface area contributed by atoms with E-state index in [-0.39, 0.29) is 25.7 Å². The van der Waals surface area contributed by atoms with Crippen LogP contribution in [-0.2, 0) is 65.4 Å². The molecule has 0 rings (SSSR count). The maximum Gasteiger partial charge on any atom is 0.472 e. The minimum absolute atomic E-state index is 0.107. The number of hydrogen-bond acceptors (Lipinski definition) is 15. The molecule has 0 aromatic heterocycles. The average molecular weight is 1300 g/mol. The van der Waals surface area contributed by atoms with E-state index in [9.17, 15) is 43.2 Å². The van der Waals surface area contributed by atoms with Crippen molar-refractivity contribution >= 4 is 39.5 Å². The van der Waals surface area contributed by atoms with Crippen LogP contribution in [-0.4, -0.2) is 96.7 Å². The van der Waals surface area contributed by atoms with Crippen LogP contribution in [0.5, 0.6) is 0 Å². The Bertz CT molecular complexity index is 1700. The van der Waals surface area contributed by atoms with Gasteiger partial charge in [0.2, 0.25) is 0 Å². The Morgan fingerprint density at radius 2 is 0.523 bits per heavy atom. The molecule has 0 spiro atoms. The summed E-state index contributed by atoms with van der Waals surface area (Å²) < 4.78 is 68.2. The Balaban J connectivity index is 5.23. The summed E-state index contributed by atoms with van der Waals surface area (Å²) in [7, 11) is -9.89. The number of phosphoric ester groups is 2. The van der Waals surface area contributed by atoms with E-state index in [1.54, 1.807) is 0 Å².